The third-order valence-corrected chi connectivity index (χ3v) is 6.50. The second-order valence-electron chi connectivity index (χ2n) is 7.62. The van der Waals surface area contributed by atoms with Gasteiger partial charge in [-0.1, -0.05) is 54.2 Å². The fourth-order valence-corrected chi connectivity index (χ4v) is 4.64. The quantitative estimate of drug-likeness (QED) is 0.321. The van der Waals surface area contributed by atoms with Gasteiger partial charge in [-0.05, 0) is 30.5 Å². The predicted octanol–water partition coefficient (Wildman–Crippen LogP) is 2.72. The van der Waals surface area contributed by atoms with Crippen molar-refractivity contribution in [3.63, 3.8) is 0 Å². The molecule has 0 aliphatic rings. The Morgan fingerprint density at radius 2 is 1.62 bits per heavy atom. The van der Waals surface area contributed by atoms with E-state index in [1.54, 1.807) is 17.7 Å². The Kier molecular flexibility index (Phi) is 6.41. The summed E-state index contributed by atoms with van der Waals surface area (Å²) in [5.41, 5.74) is 1.64. The molecule has 0 radical (unpaired) electrons. The van der Waals surface area contributed by atoms with Gasteiger partial charge in [0.25, 0.3) is 11.1 Å². The average Bonchev–Trinajstić information content (AvgIpc) is 2.81. The van der Waals surface area contributed by atoms with Crippen molar-refractivity contribution in [1.29, 1.82) is 0 Å². The molecule has 0 aliphatic heterocycles. The van der Waals surface area contributed by atoms with Gasteiger partial charge in [-0.25, -0.2) is 9.78 Å². The van der Waals surface area contributed by atoms with Gasteiger partial charge in [-0.15, -0.1) is 0 Å². The summed E-state index contributed by atoms with van der Waals surface area (Å²) < 4.78 is 4.23. The van der Waals surface area contributed by atoms with Gasteiger partial charge in [-0.2, -0.15) is 0 Å². The molecule has 0 unspecified atom stereocenters. The highest BCUT2D eigenvalue weighted by atomic mass is 32.2. The minimum atomic E-state index is -0.375. The van der Waals surface area contributed by atoms with Gasteiger partial charge in [0.2, 0.25) is 0 Å². The summed E-state index contributed by atoms with van der Waals surface area (Å²) in [6.07, 6.45) is 1.65. The van der Waals surface area contributed by atoms with Gasteiger partial charge in [0, 0.05) is 38.2 Å². The molecule has 164 valence electrons. The van der Waals surface area contributed by atoms with Gasteiger partial charge in [0.15, 0.2) is 5.16 Å². The standard InChI is InChI=1S/C24H24N4O3S/c1-26-18(15-21(29)27(2)24(26)31)16-32-23-25-20-13-7-6-12-19(20)22(30)28(23)14-8-11-17-9-4-3-5-10-17/h3-7,9-10,12-13,15H,8,11,14,16H2,1-2H3. The van der Waals surface area contributed by atoms with Crippen LogP contribution in [0, 0.1) is 0 Å². The van der Waals surface area contributed by atoms with E-state index in [1.165, 1.54) is 35.0 Å². The zero-order valence-corrected chi connectivity index (χ0v) is 18.8. The zero-order chi connectivity index (χ0) is 22.7. The molecule has 32 heavy (non-hydrogen) atoms. The van der Waals surface area contributed by atoms with Gasteiger partial charge < -0.3 is 0 Å². The van der Waals surface area contributed by atoms with Crippen LogP contribution in [-0.2, 0) is 32.8 Å². The predicted molar refractivity (Wildman–Crippen MR) is 127 cm³/mol. The van der Waals surface area contributed by atoms with Gasteiger partial charge in [0.1, 0.15) is 0 Å². The number of aromatic nitrogens is 4. The number of aryl methyl sites for hydroxylation is 1. The van der Waals surface area contributed by atoms with Crippen LogP contribution in [0.1, 0.15) is 17.7 Å². The third-order valence-electron chi connectivity index (χ3n) is 5.49. The topological polar surface area (TPSA) is 78.9 Å². The van der Waals surface area contributed by atoms with E-state index in [9.17, 15) is 14.4 Å². The number of thioether (sulfide) groups is 1. The molecule has 4 aromatic rings. The van der Waals surface area contributed by atoms with E-state index < -0.39 is 0 Å². The maximum atomic E-state index is 13.2. The van der Waals surface area contributed by atoms with Crippen molar-refractivity contribution in [3.8, 4) is 0 Å². The zero-order valence-electron chi connectivity index (χ0n) is 18.0. The molecule has 0 saturated heterocycles. The van der Waals surface area contributed by atoms with Crippen molar-refractivity contribution < 1.29 is 0 Å². The number of benzene rings is 2. The molecule has 0 N–H and O–H groups in total. The van der Waals surface area contributed by atoms with Crippen molar-refractivity contribution in [2.75, 3.05) is 0 Å². The van der Waals surface area contributed by atoms with Crippen LogP contribution in [0.4, 0.5) is 0 Å². The van der Waals surface area contributed by atoms with E-state index in [1.807, 2.05) is 36.4 Å². The third kappa shape index (κ3) is 4.45. The van der Waals surface area contributed by atoms with Crippen molar-refractivity contribution in [2.24, 2.45) is 14.1 Å². The summed E-state index contributed by atoms with van der Waals surface area (Å²) in [5, 5.41) is 1.16. The number of para-hydroxylation sites is 1. The van der Waals surface area contributed by atoms with Crippen LogP contribution in [0.15, 0.2) is 80.2 Å². The van der Waals surface area contributed by atoms with Crippen LogP contribution in [-0.4, -0.2) is 18.7 Å². The molecular weight excluding hydrogens is 424 g/mol. The molecule has 7 nitrogen and oxygen atoms in total. The van der Waals surface area contributed by atoms with Gasteiger partial charge >= 0.3 is 5.69 Å². The molecule has 8 heteroatoms. The van der Waals surface area contributed by atoms with E-state index >= 15 is 0 Å². The lowest BCUT2D eigenvalue weighted by Crippen LogP contribution is -2.37. The lowest BCUT2D eigenvalue weighted by atomic mass is 10.1. The highest BCUT2D eigenvalue weighted by Crippen LogP contribution is 2.22. The maximum Gasteiger partial charge on any atom is 0.330 e. The van der Waals surface area contributed by atoms with E-state index in [4.69, 9.17) is 4.98 Å². The Hall–Kier alpha value is -3.39. The van der Waals surface area contributed by atoms with Crippen molar-refractivity contribution in [1.82, 2.24) is 18.7 Å². The number of hydrogen-bond acceptors (Lipinski definition) is 5. The first-order valence-corrected chi connectivity index (χ1v) is 11.4. The molecule has 0 saturated carbocycles. The monoisotopic (exact) mass is 448 g/mol. The van der Waals surface area contributed by atoms with Crippen LogP contribution in [0.2, 0.25) is 0 Å². The lowest BCUT2D eigenvalue weighted by Gasteiger charge is -2.14. The van der Waals surface area contributed by atoms with E-state index in [-0.39, 0.29) is 16.8 Å². The average molecular weight is 449 g/mol. The summed E-state index contributed by atoms with van der Waals surface area (Å²) in [6, 6.07) is 18.9. The highest BCUT2D eigenvalue weighted by molar-refractivity contribution is 7.98. The number of hydrogen-bond donors (Lipinski definition) is 0. The first kappa shape index (κ1) is 21.8. The molecule has 0 spiro atoms. The highest BCUT2D eigenvalue weighted by Gasteiger charge is 2.13. The molecule has 0 amide bonds. The second-order valence-corrected chi connectivity index (χ2v) is 8.56. The summed E-state index contributed by atoms with van der Waals surface area (Å²) in [6.45, 7) is 0.531. The van der Waals surface area contributed by atoms with Crippen LogP contribution >= 0.6 is 11.8 Å². The molecule has 0 bridgehead atoms. The number of rotatable bonds is 7. The minimum absolute atomic E-state index is 0.0796. The fourth-order valence-electron chi connectivity index (χ4n) is 3.60. The molecule has 2 heterocycles. The first-order chi connectivity index (χ1) is 15.5. The Morgan fingerprint density at radius 1 is 0.906 bits per heavy atom. The molecule has 0 atom stereocenters. The number of fused-ring (bicyclic) bond motifs is 1. The Balaban J connectivity index is 1.65. The Bertz CT molecular complexity index is 1440. The normalized spacial score (nSPS) is 11.2. The second kappa shape index (κ2) is 9.40. The Labute approximate surface area is 189 Å². The maximum absolute atomic E-state index is 13.2. The number of nitrogens with zero attached hydrogens (tertiary/aromatic N) is 4. The van der Waals surface area contributed by atoms with Crippen molar-refractivity contribution in [2.45, 2.75) is 30.3 Å². The molecular formula is C24H24N4O3S. The first-order valence-electron chi connectivity index (χ1n) is 10.4. The molecule has 4 rings (SSSR count). The summed E-state index contributed by atoms with van der Waals surface area (Å²) >= 11 is 1.36. The molecule has 0 aliphatic carbocycles. The molecule has 2 aromatic carbocycles. The SMILES string of the molecule is Cn1c(CSc2nc3ccccc3c(=O)n2CCCc2ccccc2)cc(=O)n(C)c1=O. The fraction of sp³-hybridized carbons (Fsp3) is 0.250. The lowest BCUT2D eigenvalue weighted by molar-refractivity contribution is 0.563. The smallest absolute Gasteiger partial charge is 0.300 e. The summed E-state index contributed by atoms with van der Waals surface area (Å²) in [5.74, 6) is 0.352. The van der Waals surface area contributed by atoms with E-state index in [2.05, 4.69) is 12.1 Å². The Morgan fingerprint density at radius 3 is 2.41 bits per heavy atom. The van der Waals surface area contributed by atoms with E-state index in [0.717, 1.165) is 17.4 Å². The van der Waals surface area contributed by atoms with Crippen molar-refractivity contribution in [3.05, 3.63) is 103 Å². The van der Waals surface area contributed by atoms with Crippen LogP contribution in [0.3, 0.4) is 0 Å². The van der Waals surface area contributed by atoms with Gasteiger partial charge in [-0.3, -0.25) is 23.3 Å². The molecule has 2 aromatic heterocycles. The van der Waals surface area contributed by atoms with Crippen LogP contribution < -0.4 is 16.8 Å². The van der Waals surface area contributed by atoms with E-state index in [0.29, 0.717) is 34.1 Å². The van der Waals surface area contributed by atoms with Crippen LogP contribution in [0.25, 0.3) is 10.9 Å². The largest absolute Gasteiger partial charge is 0.330 e. The van der Waals surface area contributed by atoms with Crippen molar-refractivity contribution >= 4 is 22.7 Å². The minimum Gasteiger partial charge on any atom is -0.300 e. The summed E-state index contributed by atoms with van der Waals surface area (Å²) in [4.78, 5) is 42.3. The summed E-state index contributed by atoms with van der Waals surface area (Å²) in [7, 11) is 3.09. The van der Waals surface area contributed by atoms with Gasteiger partial charge in [0.05, 0.1) is 10.9 Å². The van der Waals surface area contributed by atoms with Crippen LogP contribution in [0.5, 0.6) is 0 Å². The molecule has 0 fully saturated rings.